The number of esters is 2. The van der Waals surface area contributed by atoms with Gasteiger partial charge >= 0.3 is 19.8 Å². The Morgan fingerprint density at radius 2 is 0.927 bits per heavy atom. The summed E-state index contributed by atoms with van der Waals surface area (Å²) in [6, 6.07) is 0. The molecule has 2 unspecified atom stereocenters. The Morgan fingerprint density at radius 3 is 1.35 bits per heavy atom. The van der Waals surface area contributed by atoms with E-state index in [2.05, 4.69) is 26.0 Å². The lowest BCUT2D eigenvalue weighted by molar-refractivity contribution is -0.870. The highest BCUT2D eigenvalue weighted by Crippen LogP contribution is 2.43. The second kappa shape index (κ2) is 38.3. The van der Waals surface area contributed by atoms with Gasteiger partial charge in [-0.3, -0.25) is 18.6 Å². The van der Waals surface area contributed by atoms with Gasteiger partial charge in [-0.1, -0.05) is 174 Å². The van der Waals surface area contributed by atoms with Gasteiger partial charge in [-0.25, -0.2) is 4.57 Å². The van der Waals surface area contributed by atoms with Crippen molar-refractivity contribution in [3.8, 4) is 0 Å². The number of allylic oxidation sites excluding steroid dienone is 2. The van der Waals surface area contributed by atoms with Gasteiger partial charge in [0.15, 0.2) is 6.10 Å². The first-order valence-electron chi connectivity index (χ1n) is 22.9. The van der Waals surface area contributed by atoms with E-state index in [9.17, 15) is 19.0 Å². The van der Waals surface area contributed by atoms with Crippen molar-refractivity contribution in [2.75, 3.05) is 47.5 Å². The fourth-order valence-electron chi connectivity index (χ4n) is 6.42. The van der Waals surface area contributed by atoms with E-state index in [-0.39, 0.29) is 25.6 Å². The first kappa shape index (κ1) is 53.8. The van der Waals surface area contributed by atoms with E-state index in [0.717, 1.165) is 32.1 Å². The van der Waals surface area contributed by atoms with E-state index in [1.807, 2.05) is 21.1 Å². The summed E-state index contributed by atoms with van der Waals surface area (Å²) in [6.45, 7) is 4.43. The van der Waals surface area contributed by atoms with Crippen LogP contribution in [0.4, 0.5) is 0 Å². The number of carbonyl (C=O) groups excluding carboxylic acids is 2. The molecule has 10 heteroatoms. The van der Waals surface area contributed by atoms with Crippen LogP contribution < -0.4 is 0 Å². The molecule has 0 spiro atoms. The number of hydrogen-bond donors (Lipinski definition) is 1. The number of phosphoric ester groups is 1. The van der Waals surface area contributed by atoms with Crippen molar-refractivity contribution in [1.82, 2.24) is 0 Å². The van der Waals surface area contributed by atoms with E-state index >= 15 is 0 Å². The lowest BCUT2D eigenvalue weighted by atomic mass is 10.1. The normalized spacial score (nSPS) is 13.6. The molecule has 0 aliphatic heterocycles. The quantitative estimate of drug-likeness (QED) is 0.0214. The highest BCUT2D eigenvalue weighted by atomic mass is 31.2. The Morgan fingerprint density at radius 1 is 0.545 bits per heavy atom. The topological polar surface area (TPSA) is 108 Å². The van der Waals surface area contributed by atoms with E-state index < -0.39 is 26.5 Å². The number of ether oxygens (including phenoxy) is 2. The molecular weight excluding hydrogens is 713 g/mol. The first-order chi connectivity index (χ1) is 26.5. The fraction of sp³-hybridized carbons (Fsp3) is 0.911. The number of nitrogens with zero attached hydrogens (tertiary/aromatic N) is 1. The summed E-state index contributed by atoms with van der Waals surface area (Å²) in [5, 5.41) is 0. The van der Waals surface area contributed by atoms with Crippen LogP contribution in [0.25, 0.3) is 0 Å². The van der Waals surface area contributed by atoms with E-state index in [4.69, 9.17) is 18.5 Å². The summed E-state index contributed by atoms with van der Waals surface area (Å²) < 4.78 is 34.3. The van der Waals surface area contributed by atoms with Crippen LogP contribution in [0.15, 0.2) is 12.2 Å². The molecule has 0 aromatic rings. The number of carbonyl (C=O) groups is 2. The molecule has 0 radical (unpaired) electrons. The summed E-state index contributed by atoms with van der Waals surface area (Å²) in [5.41, 5.74) is 0. The van der Waals surface area contributed by atoms with Crippen LogP contribution in [0.1, 0.15) is 213 Å². The van der Waals surface area contributed by atoms with Gasteiger partial charge in [0, 0.05) is 12.8 Å². The highest BCUT2D eigenvalue weighted by Gasteiger charge is 2.27. The Bertz CT molecular complexity index is 954. The van der Waals surface area contributed by atoms with Gasteiger partial charge in [0.05, 0.1) is 27.7 Å². The van der Waals surface area contributed by atoms with Crippen molar-refractivity contribution < 1.29 is 42.1 Å². The molecule has 0 aliphatic rings. The Labute approximate surface area is 339 Å². The van der Waals surface area contributed by atoms with Crippen LogP contribution in [-0.4, -0.2) is 74.9 Å². The summed E-state index contributed by atoms with van der Waals surface area (Å²) >= 11 is 0. The van der Waals surface area contributed by atoms with E-state index in [1.165, 1.54) is 148 Å². The molecule has 2 atom stereocenters. The molecular formula is C45H89NO8P+. The van der Waals surface area contributed by atoms with Gasteiger partial charge in [-0.2, -0.15) is 0 Å². The van der Waals surface area contributed by atoms with Crippen LogP contribution >= 0.6 is 7.82 Å². The van der Waals surface area contributed by atoms with Gasteiger partial charge in [0.25, 0.3) is 0 Å². The number of likely N-dealkylation sites (N-methyl/N-ethyl adjacent to an activating group) is 1. The minimum absolute atomic E-state index is 0.0344. The monoisotopic (exact) mass is 803 g/mol. The first-order valence-corrected chi connectivity index (χ1v) is 24.4. The molecule has 0 fully saturated rings. The Balaban J connectivity index is 4.23. The summed E-state index contributed by atoms with van der Waals surface area (Å²) in [6.07, 6.45) is 39.8. The highest BCUT2D eigenvalue weighted by molar-refractivity contribution is 7.47. The molecule has 326 valence electrons. The van der Waals surface area contributed by atoms with E-state index in [0.29, 0.717) is 23.9 Å². The van der Waals surface area contributed by atoms with Crippen LogP contribution in [0.5, 0.6) is 0 Å². The van der Waals surface area contributed by atoms with Crippen molar-refractivity contribution in [3.63, 3.8) is 0 Å². The molecule has 0 heterocycles. The number of rotatable bonds is 42. The van der Waals surface area contributed by atoms with Crippen LogP contribution in [0.3, 0.4) is 0 Å². The zero-order valence-corrected chi connectivity index (χ0v) is 37.6. The minimum Gasteiger partial charge on any atom is -0.462 e. The zero-order chi connectivity index (χ0) is 40.7. The van der Waals surface area contributed by atoms with Crippen LogP contribution in [-0.2, 0) is 32.7 Å². The smallest absolute Gasteiger partial charge is 0.462 e. The van der Waals surface area contributed by atoms with Crippen LogP contribution in [0.2, 0.25) is 0 Å². The second-order valence-electron chi connectivity index (χ2n) is 16.8. The third-order valence-electron chi connectivity index (χ3n) is 10.0. The summed E-state index contributed by atoms with van der Waals surface area (Å²) in [7, 11) is 1.48. The molecule has 55 heavy (non-hydrogen) atoms. The maximum absolute atomic E-state index is 12.7. The average Bonchev–Trinajstić information content (AvgIpc) is 3.13. The molecule has 0 amide bonds. The largest absolute Gasteiger partial charge is 0.472 e. The minimum atomic E-state index is -4.37. The third-order valence-corrected chi connectivity index (χ3v) is 11.0. The molecule has 0 saturated heterocycles. The molecule has 9 nitrogen and oxygen atoms in total. The van der Waals surface area contributed by atoms with E-state index in [1.54, 1.807) is 0 Å². The standard InChI is InChI=1S/C45H88NO8P/c1-6-8-10-12-14-16-18-19-20-21-22-23-24-25-26-27-28-30-32-34-36-38-45(48)54-43(42-53-55(49,50)52-40-39-46(3,4)5)41-51-44(47)37-35-33-31-29-17-15-13-11-9-7-2/h21-22,43H,6-20,23-42H2,1-5H3/p+1/b22-21-. The van der Waals surface area contributed by atoms with Crippen molar-refractivity contribution in [3.05, 3.63) is 12.2 Å². The van der Waals surface area contributed by atoms with Gasteiger partial charge in [0.1, 0.15) is 19.8 Å². The number of quaternary nitrogens is 1. The number of phosphoric acid groups is 1. The predicted octanol–water partition coefficient (Wildman–Crippen LogP) is 13.0. The van der Waals surface area contributed by atoms with Crippen molar-refractivity contribution >= 4 is 19.8 Å². The van der Waals surface area contributed by atoms with Gasteiger partial charge < -0.3 is 18.9 Å². The second-order valence-corrected chi connectivity index (χ2v) is 18.2. The number of hydrogen-bond acceptors (Lipinski definition) is 7. The van der Waals surface area contributed by atoms with Crippen molar-refractivity contribution in [2.24, 2.45) is 0 Å². The number of unbranched alkanes of at least 4 members (excludes halogenated alkanes) is 26. The Hall–Kier alpha value is -1.25. The van der Waals surface area contributed by atoms with Crippen molar-refractivity contribution in [1.29, 1.82) is 0 Å². The molecule has 0 saturated carbocycles. The Kier molecular flexibility index (Phi) is 37.4. The van der Waals surface area contributed by atoms with Gasteiger partial charge in [-0.15, -0.1) is 0 Å². The zero-order valence-electron chi connectivity index (χ0n) is 36.7. The lowest BCUT2D eigenvalue weighted by Gasteiger charge is -2.24. The molecule has 1 N–H and O–H groups in total. The fourth-order valence-corrected chi connectivity index (χ4v) is 7.16. The summed E-state index contributed by atoms with van der Waals surface area (Å²) in [4.78, 5) is 35.3. The molecule has 0 aromatic heterocycles. The third kappa shape index (κ3) is 42.2. The maximum Gasteiger partial charge on any atom is 0.472 e. The molecule has 0 rings (SSSR count). The molecule has 0 aromatic carbocycles. The average molecular weight is 803 g/mol. The predicted molar refractivity (Wildman–Crippen MR) is 229 cm³/mol. The van der Waals surface area contributed by atoms with Gasteiger partial charge in [-0.05, 0) is 38.5 Å². The van der Waals surface area contributed by atoms with Crippen LogP contribution in [0, 0.1) is 0 Å². The molecule has 0 bridgehead atoms. The van der Waals surface area contributed by atoms with Gasteiger partial charge in [0.2, 0.25) is 0 Å². The lowest BCUT2D eigenvalue weighted by Crippen LogP contribution is -2.37. The van der Waals surface area contributed by atoms with Crippen molar-refractivity contribution in [2.45, 2.75) is 219 Å². The SMILES string of the molecule is CCCCCCCCCC/C=C\CCCCCCCCCCCC(=O)OC(COC(=O)CCCCCCCCCCCC)COP(=O)(O)OCC[N+](C)(C)C. The maximum atomic E-state index is 12.7. The summed E-state index contributed by atoms with van der Waals surface area (Å²) in [5.74, 6) is -0.793. The molecule has 0 aliphatic carbocycles.